The van der Waals surface area contributed by atoms with Gasteiger partial charge in [-0.3, -0.25) is 4.79 Å². The Morgan fingerprint density at radius 2 is 1.86 bits per heavy atom. The monoisotopic (exact) mass is 400 g/mol. The van der Waals surface area contributed by atoms with Crippen molar-refractivity contribution >= 4 is 28.5 Å². The van der Waals surface area contributed by atoms with Crippen molar-refractivity contribution in [2.75, 3.05) is 0 Å². The highest BCUT2D eigenvalue weighted by atomic mass is 35.5. The van der Waals surface area contributed by atoms with Gasteiger partial charge in [-0.1, -0.05) is 30.7 Å². The molecule has 2 aromatic carbocycles. The molecule has 0 saturated carbocycles. The largest absolute Gasteiger partial charge is 0.479 e. The Kier molecular flexibility index (Phi) is 6.05. The average Bonchev–Trinajstić information content (AvgIpc) is 2.69. The standard InChI is InChI=1S/C22H21ClO5/c1-4-13(2)27-22(25)14(3)28-17-9-10-18-20(11-17)26-12-19(21(18)24)15-5-7-16(23)8-6-15/h5-14H,4H2,1-3H3/t13-,14+/m0/s1. The van der Waals surface area contributed by atoms with Crippen LogP contribution in [0.2, 0.25) is 5.02 Å². The molecule has 146 valence electrons. The molecule has 1 heterocycles. The van der Waals surface area contributed by atoms with Crippen molar-refractivity contribution in [2.24, 2.45) is 0 Å². The summed E-state index contributed by atoms with van der Waals surface area (Å²) in [7, 11) is 0. The highest BCUT2D eigenvalue weighted by molar-refractivity contribution is 6.30. The van der Waals surface area contributed by atoms with E-state index >= 15 is 0 Å². The van der Waals surface area contributed by atoms with Gasteiger partial charge in [-0.2, -0.15) is 0 Å². The quantitative estimate of drug-likeness (QED) is 0.530. The number of rotatable bonds is 6. The van der Waals surface area contributed by atoms with Crippen LogP contribution < -0.4 is 10.2 Å². The van der Waals surface area contributed by atoms with Crippen molar-refractivity contribution in [3.63, 3.8) is 0 Å². The Morgan fingerprint density at radius 1 is 1.14 bits per heavy atom. The van der Waals surface area contributed by atoms with Gasteiger partial charge >= 0.3 is 5.97 Å². The minimum Gasteiger partial charge on any atom is -0.479 e. The second-order valence-electron chi connectivity index (χ2n) is 6.56. The van der Waals surface area contributed by atoms with Gasteiger partial charge in [0.2, 0.25) is 0 Å². The Morgan fingerprint density at radius 3 is 2.54 bits per heavy atom. The highest BCUT2D eigenvalue weighted by Gasteiger charge is 2.19. The number of carbonyl (C=O) groups is 1. The Balaban J connectivity index is 1.85. The lowest BCUT2D eigenvalue weighted by molar-refractivity contribution is -0.155. The maximum atomic E-state index is 12.8. The third-order valence-corrected chi connectivity index (χ3v) is 4.69. The molecular weight excluding hydrogens is 380 g/mol. The number of halogens is 1. The van der Waals surface area contributed by atoms with Crippen LogP contribution in [0.3, 0.4) is 0 Å². The molecule has 0 fully saturated rings. The van der Waals surface area contributed by atoms with Crippen molar-refractivity contribution < 1.29 is 18.7 Å². The molecule has 0 aliphatic carbocycles. The lowest BCUT2D eigenvalue weighted by atomic mass is 10.1. The summed E-state index contributed by atoms with van der Waals surface area (Å²) in [5.74, 6) is -0.0162. The molecule has 3 aromatic rings. The summed E-state index contributed by atoms with van der Waals surface area (Å²) in [6, 6.07) is 11.8. The Hall–Kier alpha value is -2.79. The fraction of sp³-hybridized carbons (Fsp3) is 0.273. The Labute approximate surface area is 167 Å². The molecule has 0 radical (unpaired) electrons. The van der Waals surface area contributed by atoms with E-state index in [0.717, 1.165) is 12.0 Å². The third-order valence-electron chi connectivity index (χ3n) is 4.44. The van der Waals surface area contributed by atoms with Gasteiger partial charge in [0.15, 0.2) is 11.5 Å². The predicted molar refractivity (Wildman–Crippen MR) is 109 cm³/mol. The number of carbonyl (C=O) groups excluding carboxylic acids is 1. The second kappa shape index (κ2) is 8.48. The van der Waals surface area contributed by atoms with E-state index in [0.29, 0.717) is 27.3 Å². The third kappa shape index (κ3) is 4.37. The first-order valence-corrected chi connectivity index (χ1v) is 9.45. The van der Waals surface area contributed by atoms with Crippen LogP contribution in [0, 0.1) is 0 Å². The fourth-order valence-corrected chi connectivity index (χ4v) is 2.77. The van der Waals surface area contributed by atoms with Crippen LogP contribution in [0.1, 0.15) is 27.2 Å². The molecule has 28 heavy (non-hydrogen) atoms. The van der Waals surface area contributed by atoms with Crippen LogP contribution in [0.15, 0.2) is 57.9 Å². The number of esters is 1. The molecular formula is C22H21ClO5. The maximum Gasteiger partial charge on any atom is 0.347 e. The van der Waals surface area contributed by atoms with E-state index in [2.05, 4.69) is 0 Å². The fourth-order valence-electron chi connectivity index (χ4n) is 2.64. The first-order chi connectivity index (χ1) is 13.4. The van der Waals surface area contributed by atoms with Crippen molar-refractivity contribution in [1.82, 2.24) is 0 Å². The minimum atomic E-state index is -0.772. The van der Waals surface area contributed by atoms with Crippen LogP contribution in [-0.4, -0.2) is 18.2 Å². The van der Waals surface area contributed by atoms with Gasteiger partial charge in [0.1, 0.15) is 17.6 Å². The van der Waals surface area contributed by atoms with Crippen molar-refractivity contribution in [3.05, 3.63) is 64.0 Å². The number of fused-ring (bicyclic) bond motifs is 1. The summed E-state index contributed by atoms with van der Waals surface area (Å²) in [5.41, 5.74) is 1.40. The molecule has 0 spiro atoms. The molecule has 0 unspecified atom stereocenters. The van der Waals surface area contributed by atoms with E-state index in [-0.39, 0.29) is 11.5 Å². The molecule has 1 aromatic heterocycles. The van der Waals surface area contributed by atoms with Crippen molar-refractivity contribution in [1.29, 1.82) is 0 Å². The zero-order chi connectivity index (χ0) is 20.3. The van der Waals surface area contributed by atoms with E-state index in [9.17, 15) is 9.59 Å². The van der Waals surface area contributed by atoms with Crippen molar-refractivity contribution in [3.8, 4) is 16.9 Å². The van der Waals surface area contributed by atoms with Crippen molar-refractivity contribution in [2.45, 2.75) is 39.4 Å². The average molecular weight is 401 g/mol. The van der Waals surface area contributed by atoms with Gasteiger partial charge in [0, 0.05) is 11.1 Å². The van der Waals surface area contributed by atoms with E-state index < -0.39 is 12.1 Å². The van der Waals surface area contributed by atoms with Gasteiger partial charge in [-0.15, -0.1) is 0 Å². The lowest BCUT2D eigenvalue weighted by Crippen LogP contribution is -2.29. The Bertz CT molecular complexity index is 1040. The summed E-state index contributed by atoms with van der Waals surface area (Å²) < 4.78 is 16.6. The zero-order valence-corrected chi connectivity index (χ0v) is 16.7. The highest BCUT2D eigenvalue weighted by Crippen LogP contribution is 2.24. The van der Waals surface area contributed by atoms with Gasteiger partial charge in [0.05, 0.1) is 17.1 Å². The molecule has 0 bridgehead atoms. The minimum absolute atomic E-state index is 0.153. The first kappa shape index (κ1) is 20.0. The molecule has 5 nitrogen and oxygen atoms in total. The zero-order valence-electron chi connectivity index (χ0n) is 15.9. The van der Waals surface area contributed by atoms with E-state index in [1.54, 1.807) is 49.4 Å². The summed E-state index contributed by atoms with van der Waals surface area (Å²) in [6.07, 6.45) is 1.21. The first-order valence-electron chi connectivity index (χ1n) is 9.07. The predicted octanol–water partition coefficient (Wildman–Crippen LogP) is 5.22. The van der Waals surface area contributed by atoms with Crippen LogP contribution in [0.4, 0.5) is 0 Å². The van der Waals surface area contributed by atoms with Gasteiger partial charge < -0.3 is 13.9 Å². The van der Waals surface area contributed by atoms with E-state index in [1.807, 2.05) is 13.8 Å². The topological polar surface area (TPSA) is 65.7 Å². The molecule has 0 aliphatic rings. The SMILES string of the molecule is CC[C@H](C)OC(=O)[C@@H](C)Oc1ccc2c(=O)c(-c3ccc(Cl)cc3)coc2c1. The van der Waals surface area contributed by atoms with Gasteiger partial charge in [-0.25, -0.2) is 4.79 Å². The normalized spacial score (nSPS) is 13.1. The lowest BCUT2D eigenvalue weighted by Gasteiger charge is -2.17. The molecule has 2 atom stereocenters. The van der Waals surface area contributed by atoms with Gasteiger partial charge in [0.25, 0.3) is 0 Å². The summed E-state index contributed by atoms with van der Waals surface area (Å²) >= 11 is 5.90. The number of hydrogen-bond acceptors (Lipinski definition) is 5. The summed E-state index contributed by atoms with van der Waals surface area (Å²) in [5, 5.41) is 1.02. The van der Waals surface area contributed by atoms with Crippen LogP contribution in [0.25, 0.3) is 22.1 Å². The molecule has 6 heteroatoms. The van der Waals surface area contributed by atoms with Gasteiger partial charge in [-0.05, 0) is 50.1 Å². The summed E-state index contributed by atoms with van der Waals surface area (Å²) in [4.78, 5) is 24.8. The molecule has 0 amide bonds. The number of hydrogen-bond donors (Lipinski definition) is 0. The van der Waals surface area contributed by atoms with Crippen LogP contribution >= 0.6 is 11.6 Å². The maximum absolute atomic E-state index is 12.8. The second-order valence-corrected chi connectivity index (χ2v) is 7.00. The smallest absolute Gasteiger partial charge is 0.347 e. The summed E-state index contributed by atoms with van der Waals surface area (Å²) in [6.45, 7) is 5.38. The molecule has 3 rings (SSSR count). The number of ether oxygens (including phenoxy) is 2. The number of benzene rings is 2. The molecule has 0 aliphatic heterocycles. The van der Waals surface area contributed by atoms with Crippen LogP contribution in [-0.2, 0) is 9.53 Å². The molecule has 0 N–H and O–H groups in total. The van der Waals surface area contributed by atoms with Crippen LogP contribution in [0.5, 0.6) is 5.75 Å². The van der Waals surface area contributed by atoms with E-state index in [4.69, 9.17) is 25.5 Å². The van der Waals surface area contributed by atoms with E-state index in [1.165, 1.54) is 6.26 Å². The molecule has 0 saturated heterocycles.